The number of halogens is 2. The number of benzene rings is 2. The molecule has 0 unspecified atom stereocenters. The van der Waals surface area contributed by atoms with Gasteiger partial charge in [-0.15, -0.1) is 11.3 Å². The zero-order valence-corrected chi connectivity index (χ0v) is 22.1. The van der Waals surface area contributed by atoms with Gasteiger partial charge in [0.15, 0.2) is 5.13 Å². The minimum atomic E-state index is -0.318. The second-order valence-electron chi connectivity index (χ2n) is 7.96. The quantitative estimate of drug-likeness (QED) is 0.312. The predicted molar refractivity (Wildman–Crippen MR) is 144 cm³/mol. The maximum Gasteiger partial charge on any atom is 0.321 e. The molecule has 1 heterocycles. The Morgan fingerprint density at radius 3 is 2.59 bits per heavy atom. The third-order valence-corrected chi connectivity index (χ3v) is 7.15. The Morgan fingerprint density at radius 2 is 1.85 bits per heavy atom. The molecule has 0 saturated carbocycles. The normalized spacial score (nSPS) is 11.0. The van der Waals surface area contributed by atoms with Crippen molar-refractivity contribution in [2.45, 2.75) is 33.4 Å². The lowest BCUT2D eigenvalue weighted by Crippen LogP contribution is -2.28. The van der Waals surface area contributed by atoms with Gasteiger partial charge in [0, 0.05) is 31.2 Å². The summed E-state index contributed by atoms with van der Waals surface area (Å²) >= 11 is 13.4. The number of thiazole rings is 1. The summed E-state index contributed by atoms with van der Waals surface area (Å²) in [4.78, 5) is 21.5. The van der Waals surface area contributed by atoms with Crippen molar-refractivity contribution in [2.75, 3.05) is 36.9 Å². The molecule has 2 N–H and O–H groups in total. The van der Waals surface area contributed by atoms with Crippen LogP contribution in [0.15, 0.2) is 47.8 Å². The van der Waals surface area contributed by atoms with Crippen molar-refractivity contribution in [3.05, 3.63) is 74.7 Å². The van der Waals surface area contributed by atoms with Gasteiger partial charge in [0.05, 0.1) is 22.3 Å². The molecule has 3 aromatic rings. The summed E-state index contributed by atoms with van der Waals surface area (Å²) in [7, 11) is 2.08. The average molecular weight is 521 g/mol. The van der Waals surface area contributed by atoms with E-state index < -0.39 is 0 Å². The van der Waals surface area contributed by atoms with Crippen LogP contribution in [-0.2, 0) is 19.5 Å². The molecule has 34 heavy (non-hydrogen) atoms. The first-order chi connectivity index (χ1) is 16.4. The Kier molecular flexibility index (Phi) is 10.0. The van der Waals surface area contributed by atoms with E-state index >= 15 is 0 Å². The molecule has 0 saturated heterocycles. The molecule has 1 aromatic heterocycles. The van der Waals surface area contributed by atoms with Crippen LogP contribution in [0.25, 0.3) is 0 Å². The summed E-state index contributed by atoms with van der Waals surface area (Å²) in [6.07, 6.45) is 1.01. The van der Waals surface area contributed by atoms with Crippen LogP contribution in [0.5, 0.6) is 0 Å². The fourth-order valence-corrected chi connectivity index (χ4v) is 4.67. The number of hydrogen-bond donors (Lipinski definition) is 2. The predicted octanol–water partition coefficient (Wildman–Crippen LogP) is 6.29. The molecule has 0 spiro atoms. The highest BCUT2D eigenvalue weighted by atomic mass is 35.5. The highest BCUT2D eigenvalue weighted by Gasteiger charge is 2.12. The van der Waals surface area contributed by atoms with Crippen molar-refractivity contribution in [2.24, 2.45) is 0 Å². The van der Waals surface area contributed by atoms with E-state index in [2.05, 4.69) is 70.6 Å². The number of urea groups is 1. The molecule has 6 nitrogen and oxygen atoms in total. The first-order valence-electron chi connectivity index (χ1n) is 11.3. The van der Waals surface area contributed by atoms with E-state index in [1.807, 2.05) is 11.4 Å². The molecule has 0 aliphatic carbocycles. The van der Waals surface area contributed by atoms with Gasteiger partial charge < -0.3 is 15.1 Å². The van der Waals surface area contributed by atoms with Gasteiger partial charge in [0.1, 0.15) is 0 Å². The van der Waals surface area contributed by atoms with E-state index in [1.165, 1.54) is 22.6 Å². The molecule has 182 valence electrons. The van der Waals surface area contributed by atoms with E-state index in [9.17, 15) is 4.79 Å². The molecule has 0 atom stereocenters. The lowest BCUT2D eigenvalue weighted by atomic mass is 10.1. The summed E-state index contributed by atoms with van der Waals surface area (Å²) in [5.74, 6) is 0. The van der Waals surface area contributed by atoms with Crippen LogP contribution in [0.1, 0.15) is 30.7 Å². The van der Waals surface area contributed by atoms with Gasteiger partial charge in [0.2, 0.25) is 0 Å². The topological polar surface area (TPSA) is 60.5 Å². The Hall–Kier alpha value is -2.32. The summed E-state index contributed by atoms with van der Waals surface area (Å²) < 4.78 is 0. The zero-order valence-electron chi connectivity index (χ0n) is 19.8. The van der Waals surface area contributed by atoms with E-state index in [0.29, 0.717) is 28.3 Å². The number of nitrogens with one attached hydrogen (secondary N) is 2. The minimum absolute atomic E-state index is 0.318. The second kappa shape index (κ2) is 13.0. The fourth-order valence-electron chi connectivity index (χ4n) is 3.65. The van der Waals surface area contributed by atoms with Crippen molar-refractivity contribution in [3.8, 4) is 0 Å². The van der Waals surface area contributed by atoms with Crippen LogP contribution in [0.2, 0.25) is 10.0 Å². The third-order valence-electron chi connectivity index (χ3n) is 5.60. The highest BCUT2D eigenvalue weighted by molar-refractivity contribution is 7.13. The van der Waals surface area contributed by atoms with Crippen molar-refractivity contribution in [3.63, 3.8) is 0 Å². The summed E-state index contributed by atoms with van der Waals surface area (Å²) in [6, 6.07) is 13.5. The van der Waals surface area contributed by atoms with Gasteiger partial charge >= 0.3 is 6.03 Å². The monoisotopic (exact) mass is 519 g/mol. The maximum absolute atomic E-state index is 12.3. The minimum Gasteiger partial charge on any atom is -0.368 e. The summed E-state index contributed by atoms with van der Waals surface area (Å²) in [6.45, 7) is 8.56. The third kappa shape index (κ3) is 7.60. The van der Waals surface area contributed by atoms with E-state index in [-0.39, 0.29) is 6.03 Å². The first kappa shape index (κ1) is 26.3. The number of amides is 2. The van der Waals surface area contributed by atoms with Crippen LogP contribution < -0.4 is 15.5 Å². The van der Waals surface area contributed by atoms with Crippen LogP contribution in [-0.4, -0.2) is 42.6 Å². The number of hydrogen-bond acceptors (Lipinski definition) is 5. The molecular weight excluding hydrogens is 489 g/mol. The molecule has 2 aromatic carbocycles. The van der Waals surface area contributed by atoms with Crippen LogP contribution in [0, 0.1) is 0 Å². The molecule has 3 rings (SSSR count). The maximum atomic E-state index is 12.3. The van der Waals surface area contributed by atoms with Gasteiger partial charge in [0.25, 0.3) is 0 Å². The van der Waals surface area contributed by atoms with Gasteiger partial charge in [-0.1, -0.05) is 61.3 Å². The van der Waals surface area contributed by atoms with Gasteiger partial charge in [-0.25, -0.2) is 9.78 Å². The second-order valence-corrected chi connectivity index (χ2v) is 9.63. The van der Waals surface area contributed by atoms with Crippen molar-refractivity contribution < 1.29 is 4.79 Å². The number of para-hydroxylation sites is 1. The van der Waals surface area contributed by atoms with Crippen LogP contribution in [0.3, 0.4) is 0 Å². The number of aromatic nitrogens is 1. The number of rotatable bonds is 11. The van der Waals surface area contributed by atoms with Gasteiger partial charge in [-0.2, -0.15) is 0 Å². The Morgan fingerprint density at radius 1 is 1.09 bits per heavy atom. The largest absolute Gasteiger partial charge is 0.368 e. The Bertz CT molecular complexity index is 1090. The van der Waals surface area contributed by atoms with Crippen LogP contribution in [0.4, 0.5) is 15.6 Å². The standard InChI is InChI=1S/C25H31Cl2N5OS/c1-4-32(5-2)13-12-19-8-6-7-9-23(19)31(3)16-20-17-34-25(29-20)30-24(33)28-15-18-10-11-21(26)22(27)14-18/h6-11,14,17H,4-5,12-13,15-16H2,1-3H3,(H2,28,29,30,33). The van der Waals surface area contributed by atoms with Crippen LogP contribution >= 0.6 is 34.5 Å². The summed E-state index contributed by atoms with van der Waals surface area (Å²) in [5, 5.41) is 9.10. The van der Waals surface area contributed by atoms with Gasteiger partial charge in [-0.05, 0) is 48.8 Å². The Labute approximate surface area is 215 Å². The number of anilines is 2. The molecule has 0 aliphatic heterocycles. The molecule has 2 amide bonds. The van der Waals surface area contributed by atoms with E-state index in [4.69, 9.17) is 23.2 Å². The molecule has 9 heteroatoms. The fraction of sp³-hybridized carbons (Fsp3) is 0.360. The number of carbonyl (C=O) groups is 1. The van der Waals surface area contributed by atoms with Crippen molar-refractivity contribution in [1.82, 2.24) is 15.2 Å². The lowest BCUT2D eigenvalue weighted by molar-refractivity contribution is 0.251. The molecular formula is C25H31Cl2N5OS. The Balaban J connectivity index is 1.54. The van der Waals surface area contributed by atoms with E-state index in [0.717, 1.165) is 37.3 Å². The highest BCUT2D eigenvalue weighted by Crippen LogP contribution is 2.24. The summed E-state index contributed by atoms with van der Waals surface area (Å²) in [5.41, 5.74) is 4.31. The van der Waals surface area contributed by atoms with E-state index in [1.54, 1.807) is 12.1 Å². The van der Waals surface area contributed by atoms with Crippen molar-refractivity contribution >= 4 is 51.4 Å². The number of carbonyl (C=O) groups excluding carboxylic acids is 1. The molecule has 0 fully saturated rings. The zero-order chi connectivity index (χ0) is 24.5. The molecule has 0 radical (unpaired) electrons. The number of nitrogens with zero attached hydrogens (tertiary/aromatic N) is 3. The lowest BCUT2D eigenvalue weighted by Gasteiger charge is -2.23. The molecule has 0 aliphatic rings. The van der Waals surface area contributed by atoms with Crippen molar-refractivity contribution in [1.29, 1.82) is 0 Å². The molecule has 0 bridgehead atoms. The SMILES string of the molecule is CCN(CC)CCc1ccccc1N(C)Cc1csc(NC(=O)NCc2ccc(Cl)c(Cl)c2)n1. The smallest absolute Gasteiger partial charge is 0.321 e. The number of likely N-dealkylation sites (N-methyl/N-ethyl adjacent to an activating group) is 1. The first-order valence-corrected chi connectivity index (χ1v) is 13.0. The average Bonchev–Trinajstić information content (AvgIpc) is 3.27. The van der Waals surface area contributed by atoms with Gasteiger partial charge in [-0.3, -0.25) is 5.32 Å².